The summed E-state index contributed by atoms with van der Waals surface area (Å²) in [6, 6.07) is 4.57. The zero-order chi connectivity index (χ0) is 15.3. The maximum Gasteiger partial charge on any atom is 0.294 e. The van der Waals surface area contributed by atoms with Crippen LogP contribution in [0.3, 0.4) is 0 Å². The second kappa shape index (κ2) is 4.58. The van der Waals surface area contributed by atoms with Crippen LogP contribution in [0.25, 0.3) is 10.8 Å². The zero-order valence-electron chi connectivity index (χ0n) is 10.2. The molecule has 5 N–H and O–H groups in total. The van der Waals surface area contributed by atoms with Crippen molar-refractivity contribution in [2.45, 2.75) is 16.7 Å². The number of aryl methyl sites for hydroxylation is 1. The van der Waals surface area contributed by atoms with Gasteiger partial charge in [-0.1, -0.05) is 6.07 Å². The van der Waals surface area contributed by atoms with Gasteiger partial charge < -0.3 is 18.8 Å². The summed E-state index contributed by atoms with van der Waals surface area (Å²) in [5.41, 5.74) is 0.508. The second-order valence-electron chi connectivity index (χ2n) is 4.30. The SMILES string of the molecule is Cc1cc(S(O)(O)O)c2c(O)cc(S(=O)(=O)O)cc2c1. The average Bonchev–Trinajstić information content (AvgIpc) is 2.24. The summed E-state index contributed by atoms with van der Waals surface area (Å²) < 4.78 is 59.3. The minimum Gasteiger partial charge on any atom is -0.507 e. The molecule has 0 saturated heterocycles. The topological polar surface area (TPSA) is 135 Å². The molecule has 7 nitrogen and oxygen atoms in total. The van der Waals surface area contributed by atoms with Crippen LogP contribution in [0.2, 0.25) is 0 Å². The van der Waals surface area contributed by atoms with Gasteiger partial charge in [-0.25, -0.2) is 0 Å². The van der Waals surface area contributed by atoms with Crippen LogP contribution in [0.1, 0.15) is 5.56 Å². The number of phenolic OH excluding ortho intramolecular Hbond substituents is 1. The predicted molar refractivity (Wildman–Crippen MR) is 73.9 cm³/mol. The molecule has 2 aromatic rings. The normalized spacial score (nSPS) is 13.7. The Bertz CT molecular complexity index is 791. The molecule has 0 heterocycles. The van der Waals surface area contributed by atoms with Crippen LogP contribution in [0.5, 0.6) is 5.75 Å². The van der Waals surface area contributed by atoms with Crippen LogP contribution >= 0.6 is 10.9 Å². The quantitative estimate of drug-likeness (QED) is 0.537. The highest BCUT2D eigenvalue weighted by Crippen LogP contribution is 2.50. The minimum absolute atomic E-state index is 0.0921. The number of hydrogen-bond donors (Lipinski definition) is 5. The molecule has 0 amide bonds. The van der Waals surface area contributed by atoms with Gasteiger partial charge in [0.25, 0.3) is 10.1 Å². The van der Waals surface area contributed by atoms with Crippen LogP contribution in [0.15, 0.2) is 34.1 Å². The van der Waals surface area contributed by atoms with Crippen molar-refractivity contribution in [3.8, 4) is 5.75 Å². The van der Waals surface area contributed by atoms with E-state index < -0.39 is 31.6 Å². The van der Waals surface area contributed by atoms with Gasteiger partial charge in [-0.2, -0.15) is 8.42 Å². The zero-order valence-corrected chi connectivity index (χ0v) is 11.8. The maximum atomic E-state index is 11.1. The summed E-state index contributed by atoms with van der Waals surface area (Å²) in [5.74, 6) is -0.598. The highest BCUT2D eigenvalue weighted by atomic mass is 32.3. The molecule has 0 aliphatic rings. The molecule has 0 fully saturated rings. The van der Waals surface area contributed by atoms with Gasteiger partial charge in [0.2, 0.25) is 0 Å². The third-order valence-electron chi connectivity index (χ3n) is 2.70. The van der Waals surface area contributed by atoms with E-state index in [0.717, 1.165) is 12.1 Å². The van der Waals surface area contributed by atoms with E-state index in [9.17, 15) is 27.2 Å². The number of hydrogen-bond acceptors (Lipinski definition) is 6. The van der Waals surface area contributed by atoms with Crippen molar-refractivity contribution in [3.63, 3.8) is 0 Å². The first kappa shape index (κ1) is 15.0. The molecule has 2 rings (SSSR count). The third-order valence-corrected chi connectivity index (χ3v) is 4.45. The number of benzene rings is 2. The summed E-state index contributed by atoms with van der Waals surface area (Å²) in [6.07, 6.45) is 0. The van der Waals surface area contributed by atoms with Crippen LogP contribution in [0.4, 0.5) is 0 Å². The van der Waals surface area contributed by atoms with E-state index in [-0.39, 0.29) is 15.7 Å². The predicted octanol–water partition coefficient (Wildman–Crippen LogP) is 2.68. The van der Waals surface area contributed by atoms with E-state index in [2.05, 4.69) is 0 Å². The van der Waals surface area contributed by atoms with E-state index in [4.69, 9.17) is 4.55 Å². The molecule has 110 valence electrons. The number of rotatable bonds is 2. The molecule has 0 aliphatic carbocycles. The molecule has 20 heavy (non-hydrogen) atoms. The van der Waals surface area contributed by atoms with Crippen molar-refractivity contribution >= 4 is 31.8 Å². The molecule has 0 spiro atoms. The summed E-state index contributed by atoms with van der Waals surface area (Å²) >= 11 is 0. The number of aromatic hydroxyl groups is 1. The molecule has 0 saturated carbocycles. The summed E-state index contributed by atoms with van der Waals surface area (Å²) in [5, 5.41) is 9.90. The Morgan fingerprint density at radius 3 is 2.05 bits per heavy atom. The lowest BCUT2D eigenvalue weighted by molar-refractivity contribution is 0.376. The Morgan fingerprint density at radius 1 is 0.950 bits per heavy atom. The van der Waals surface area contributed by atoms with E-state index in [1.165, 1.54) is 12.1 Å². The van der Waals surface area contributed by atoms with Crippen molar-refractivity contribution in [2.24, 2.45) is 0 Å². The van der Waals surface area contributed by atoms with Gasteiger partial charge >= 0.3 is 0 Å². The fourth-order valence-electron chi connectivity index (χ4n) is 1.94. The van der Waals surface area contributed by atoms with Crippen LogP contribution < -0.4 is 0 Å². The molecule has 2 aromatic carbocycles. The lowest BCUT2D eigenvalue weighted by Crippen LogP contribution is -2.01. The van der Waals surface area contributed by atoms with Crippen LogP contribution in [-0.4, -0.2) is 31.7 Å². The molecule has 0 radical (unpaired) electrons. The van der Waals surface area contributed by atoms with Gasteiger partial charge in [0.05, 0.1) is 9.79 Å². The molecule has 0 unspecified atom stereocenters. The molecule has 0 aromatic heterocycles. The van der Waals surface area contributed by atoms with E-state index in [1.807, 2.05) is 0 Å². The van der Waals surface area contributed by atoms with Crippen molar-refractivity contribution in [1.82, 2.24) is 0 Å². The smallest absolute Gasteiger partial charge is 0.294 e. The lowest BCUT2D eigenvalue weighted by Gasteiger charge is -2.22. The highest BCUT2D eigenvalue weighted by molar-refractivity contribution is 8.19. The van der Waals surface area contributed by atoms with Crippen molar-refractivity contribution in [3.05, 3.63) is 29.8 Å². The van der Waals surface area contributed by atoms with Crippen LogP contribution in [-0.2, 0) is 10.1 Å². The Kier molecular flexibility index (Phi) is 3.45. The molecule has 0 atom stereocenters. The Balaban J connectivity index is 2.95. The van der Waals surface area contributed by atoms with Crippen molar-refractivity contribution < 1.29 is 31.7 Å². The first-order valence-corrected chi connectivity index (χ1v) is 8.20. The first-order chi connectivity index (χ1) is 9.00. The lowest BCUT2D eigenvalue weighted by atomic mass is 10.1. The second-order valence-corrected chi connectivity index (χ2v) is 7.20. The van der Waals surface area contributed by atoms with Crippen molar-refractivity contribution in [2.75, 3.05) is 0 Å². The van der Waals surface area contributed by atoms with Gasteiger partial charge in [0.15, 0.2) is 0 Å². The highest BCUT2D eigenvalue weighted by Gasteiger charge is 2.23. The maximum absolute atomic E-state index is 11.1. The monoisotopic (exact) mass is 320 g/mol. The molecular formula is C11H12O7S2. The van der Waals surface area contributed by atoms with Gasteiger partial charge in [0.1, 0.15) is 16.6 Å². The summed E-state index contributed by atoms with van der Waals surface area (Å²) in [6.45, 7) is 1.59. The average molecular weight is 320 g/mol. The fourth-order valence-corrected chi connectivity index (χ4v) is 3.31. The Hall–Kier alpha value is -1.36. The fraction of sp³-hybridized carbons (Fsp3) is 0.0909. The molecular weight excluding hydrogens is 308 g/mol. The molecule has 0 bridgehead atoms. The van der Waals surface area contributed by atoms with Crippen LogP contribution in [0, 0.1) is 6.92 Å². The molecule has 0 aliphatic heterocycles. The summed E-state index contributed by atoms with van der Waals surface area (Å²) in [7, 11) is -8.61. The Labute approximate surface area is 116 Å². The van der Waals surface area contributed by atoms with E-state index in [0.29, 0.717) is 5.56 Å². The molecule has 9 heteroatoms. The largest absolute Gasteiger partial charge is 0.507 e. The standard InChI is InChI=1S/C11H12O7S2/c1-6-2-7-4-8(19(13,14)15)5-9(12)11(7)10(3-6)20(16,17)18/h2-5,12,16-18H,1H3,(H,13,14,15). The number of fused-ring (bicyclic) bond motifs is 1. The van der Waals surface area contributed by atoms with Gasteiger partial charge in [-0.15, -0.1) is 0 Å². The first-order valence-electron chi connectivity index (χ1n) is 5.25. The van der Waals surface area contributed by atoms with E-state index in [1.54, 1.807) is 6.92 Å². The minimum atomic E-state index is -4.52. The number of phenols is 1. The summed E-state index contributed by atoms with van der Waals surface area (Å²) in [4.78, 5) is -0.847. The van der Waals surface area contributed by atoms with Gasteiger partial charge in [-0.3, -0.25) is 4.55 Å². The third kappa shape index (κ3) is 2.73. The van der Waals surface area contributed by atoms with Crippen molar-refractivity contribution in [1.29, 1.82) is 0 Å². The van der Waals surface area contributed by atoms with E-state index >= 15 is 0 Å². The Morgan fingerprint density at radius 2 is 1.55 bits per heavy atom. The van der Waals surface area contributed by atoms with Gasteiger partial charge in [-0.05, 0) is 30.0 Å². The van der Waals surface area contributed by atoms with Gasteiger partial charge in [0, 0.05) is 11.5 Å².